The lowest BCUT2D eigenvalue weighted by Gasteiger charge is -2.13. The average molecular weight is 280 g/mol. The van der Waals surface area contributed by atoms with E-state index in [1.807, 2.05) is 42.5 Å². The van der Waals surface area contributed by atoms with E-state index >= 15 is 0 Å². The number of ether oxygens (including phenoxy) is 1. The first-order valence-corrected chi connectivity index (χ1v) is 6.70. The molecule has 106 valence electrons. The van der Waals surface area contributed by atoms with Gasteiger partial charge in [0, 0.05) is 23.4 Å². The Morgan fingerprint density at radius 3 is 2.71 bits per heavy atom. The molecule has 0 amide bonds. The zero-order valence-corrected chi connectivity index (χ0v) is 11.7. The zero-order valence-electron chi connectivity index (χ0n) is 11.7. The Bertz CT molecular complexity index is 853. The number of pyridine rings is 1. The first kappa shape index (κ1) is 13.2. The highest BCUT2D eigenvalue weighted by atomic mass is 16.5. The van der Waals surface area contributed by atoms with Gasteiger partial charge in [-0.05, 0) is 23.6 Å². The van der Waals surface area contributed by atoms with Crippen LogP contribution in [0.4, 0.5) is 5.69 Å². The highest BCUT2D eigenvalue weighted by molar-refractivity contribution is 5.78. The number of para-hydroxylation sites is 1. The molecule has 2 aromatic carbocycles. The van der Waals surface area contributed by atoms with E-state index in [9.17, 15) is 4.79 Å². The number of hydrogen-bond acceptors (Lipinski definition) is 3. The molecule has 0 aliphatic carbocycles. The smallest absolute Gasteiger partial charge is 0.251 e. The molecule has 0 aliphatic heterocycles. The van der Waals surface area contributed by atoms with Crippen LogP contribution in [0.3, 0.4) is 0 Å². The second-order valence-electron chi connectivity index (χ2n) is 4.89. The van der Waals surface area contributed by atoms with Crippen molar-refractivity contribution in [3.05, 3.63) is 70.5 Å². The third-order valence-electron chi connectivity index (χ3n) is 3.54. The highest BCUT2D eigenvalue weighted by Gasteiger charge is 2.08. The van der Waals surface area contributed by atoms with E-state index in [-0.39, 0.29) is 5.56 Å². The monoisotopic (exact) mass is 280 g/mol. The second-order valence-corrected chi connectivity index (χ2v) is 4.89. The molecule has 0 spiro atoms. The lowest BCUT2D eigenvalue weighted by atomic mass is 10.1. The molecule has 1 heterocycles. The van der Waals surface area contributed by atoms with Gasteiger partial charge in [0.2, 0.25) is 0 Å². The quantitative estimate of drug-likeness (QED) is 0.750. The standard InChI is InChI=1S/C17H16N2O2/c1-21-16-10-14(18)8-6-13(16)11-19-15-5-3-2-4-12(15)7-9-17(19)20/h2-10H,11,18H2,1H3. The maximum absolute atomic E-state index is 12.2. The van der Waals surface area contributed by atoms with Crippen LogP contribution in [-0.2, 0) is 6.54 Å². The summed E-state index contributed by atoms with van der Waals surface area (Å²) in [5.74, 6) is 0.690. The van der Waals surface area contributed by atoms with Crippen LogP contribution >= 0.6 is 0 Å². The molecule has 4 heteroatoms. The van der Waals surface area contributed by atoms with Crippen LogP contribution < -0.4 is 16.0 Å². The predicted molar refractivity (Wildman–Crippen MR) is 84.7 cm³/mol. The summed E-state index contributed by atoms with van der Waals surface area (Å²) in [4.78, 5) is 12.2. The van der Waals surface area contributed by atoms with E-state index in [1.165, 1.54) is 0 Å². The fourth-order valence-corrected chi connectivity index (χ4v) is 2.47. The number of nitrogens with zero attached hydrogens (tertiary/aromatic N) is 1. The molecule has 4 nitrogen and oxygen atoms in total. The van der Waals surface area contributed by atoms with Gasteiger partial charge in [-0.25, -0.2) is 0 Å². The molecule has 0 saturated heterocycles. The van der Waals surface area contributed by atoms with Gasteiger partial charge in [0.05, 0.1) is 19.2 Å². The van der Waals surface area contributed by atoms with E-state index in [1.54, 1.807) is 23.8 Å². The third-order valence-corrected chi connectivity index (χ3v) is 3.54. The average Bonchev–Trinajstić information content (AvgIpc) is 2.51. The molecule has 3 aromatic rings. The van der Waals surface area contributed by atoms with E-state index in [2.05, 4.69) is 0 Å². The first-order valence-electron chi connectivity index (χ1n) is 6.70. The number of nitrogen functional groups attached to an aromatic ring is 1. The lowest BCUT2D eigenvalue weighted by Crippen LogP contribution is -2.20. The SMILES string of the molecule is COc1cc(N)ccc1Cn1c(=O)ccc2ccccc21. The predicted octanol–water partition coefficient (Wildman–Crippen LogP) is 2.64. The third kappa shape index (κ3) is 2.48. The van der Waals surface area contributed by atoms with E-state index in [0.717, 1.165) is 16.5 Å². The van der Waals surface area contributed by atoms with Crippen LogP contribution in [0.25, 0.3) is 10.9 Å². The van der Waals surface area contributed by atoms with Gasteiger partial charge in [-0.1, -0.05) is 24.3 Å². The molecule has 0 bridgehead atoms. The molecule has 0 saturated carbocycles. The van der Waals surface area contributed by atoms with Crippen LogP contribution in [0.15, 0.2) is 59.4 Å². The second kappa shape index (κ2) is 5.32. The summed E-state index contributed by atoms with van der Waals surface area (Å²) in [6.07, 6.45) is 0. The molecule has 0 fully saturated rings. The van der Waals surface area contributed by atoms with Gasteiger partial charge in [0.1, 0.15) is 5.75 Å². The van der Waals surface area contributed by atoms with Crippen LogP contribution in [0.1, 0.15) is 5.56 Å². The van der Waals surface area contributed by atoms with Crippen molar-refractivity contribution in [3.8, 4) is 5.75 Å². The Hall–Kier alpha value is -2.75. The largest absolute Gasteiger partial charge is 0.496 e. The summed E-state index contributed by atoms with van der Waals surface area (Å²) in [5.41, 5.74) is 8.20. The normalized spacial score (nSPS) is 10.7. The van der Waals surface area contributed by atoms with Crippen molar-refractivity contribution in [3.63, 3.8) is 0 Å². The number of fused-ring (bicyclic) bond motifs is 1. The van der Waals surface area contributed by atoms with Crippen molar-refractivity contribution in [2.75, 3.05) is 12.8 Å². The van der Waals surface area contributed by atoms with E-state index in [0.29, 0.717) is 18.0 Å². The Kier molecular flexibility index (Phi) is 3.36. The summed E-state index contributed by atoms with van der Waals surface area (Å²) in [5, 5.41) is 1.03. The minimum atomic E-state index is -0.0346. The summed E-state index contributed by atoms with van der Waals surface area (Å²) in [6.45, 7) is 0.448. The Balaban J connectivity index is 2.14. The number of aromatic nitrogens is 1. The van der Waals surface area contributed by atoms with Crippen LogP contribution in [0.5, 0.6) is 5.75 Å². The van der Waals surface area contributed by atoms with Crippen molar-refractivity contribution < 1.29 is 4.74 Å². The number of rotatable bonds is 3. The molecule has 3 rings (SSSR count). The van der Waals surface area contributed by atoms with Gasteiger partial charge in [0.25, 0.3) is 5.56 Å². The van der Waals surface area contributed by atoms with Crippen LogP contribution in [0, 0.1) is 0 Å². The fourth-order valence-electron chi connectivity index (χ4n) is 2.47. The van der Waals surface area contributed by atoms with Gasteiger partial charge in [0.15, 0.2) is 0 Å². The van der Waals surface area contributed by atoms with Crippen molar-refractivity contribution in [2.45, 2.75) is 6.54 Å². The van der Waals surface area contributed by atoms with Crippen molar-refractivity contribution in [1.82, 2.24) is 4.57 Å². The lowest BCUT2D eigenvalue weighted by molar-refractivity contribution is 0.408. The van der Waals surface area contributed by atoms with Gasteiger partial charge in [-0.2, -0.15) is 0 Å². The topological polar surface area (TPSA) is 57.2 Å². The molecule has 0 aliphatic rings. The maximum atomic E-state index is 12.2. The van der Waals surface area contributed by atoms with Crippen molar-refractivity contribution >= 4 is 16.6 Å². The Labute approximate surface area is 122 Å². The number of nitrogens with two attached hydrogens (primary N) is 1. The molecule has 0 unspecified atom stereocenters. The number of hydrogen-bond donors (Lipinski definition) is 1. The highest BCUT2D eigenvalue weighted by Crippen LogP contribution is 2.23. The Morgan fingerprint density at radius 1 is 1.10 bits per heavy atom. The number of benzene rings is 2. The van der Waals surface area contributed by atoms with Crippen LogP contribution in [-0.4, -0.2) is 11.7 Å². The van der Waals surface area contributed by atoms with Crippen molar-refractivity contribution in [1.29, 1.82) is 0 Å². The maximum Gasteiger partial charge on any atom is 0.251 e. The Morgan fingerprint density at radius 2 is 1.90 bits per heavy atom. The molecular weight excluding hydrogens is 264 g/mol. The van der Waals surface area contributed by atoms with Crippen molar-refractivity contribution in [2.24, 2.45) is 0 Å². The number of methoxy groups -OCH3 is 1. The van der Waals surface area contributed by atoms with Gasteiger partial charge < -0.3 is 15.0 Å². The molecule has 0 radical (unpaired) electrons. The molecular formula is C17H16N2O2. The van der Waals surface area contributed by atoms with Gasteiger partial charge >= 0.3 is 0 Å². The van der Waals surface area contributed by atoms with E-state index < -0.39 is 0 Å². The summed E-state index contributed by atoms with van der Waals surface area (Å²) < 4.78 is 7.09. The fraction of sp³-hybridized carbons (Fsp3) is 0.118. The molecule has 0 atom stereocenters. The van der Waals surface area contributed by atoms with Crippen LogP contribution in [0.2, 0.25) is 0 Å². The summed E-state index contributed by atoms with van der Waals surface area (Å²) in [7, 11) is 1.60. The van der Waals surface area contributed by atoms with Gasteiger partial charge in [-0.15, -0.1) is 0 Å². The van der Waals surface area contributed by atoms with E-state index in [4.69, 9.17) is 10.5 Å². The minimum absolute atomic E-state index is 0.0346. The minimum Gasteiger partial charge on any atom is -0.496 e. The summed E-state index contributed by atoms with van der Waals surface area (Å²) >= 11 is 0. The molecule has 1 aromatic heterocycles. The first-order chi connectivity index (χ1) is 10.2. The number of anilines is 1. The van der Waals surface area contributed by atoms with Gasteiger partial charge in [-0.3, -0.25) is 4.79 Å². The summed E-state index contributed by atoms with van der Waals surface area (Å²) in [6, 6.07) is 16.7. The molecule has 21 heavy (non-hydrogen) atoms. The zero-order chi connectivity index (χ0) is 14.8. The molecule has 2 N–H and O–H groups in total.